The fraction of sp³-hybridized carbons (Fsp3) is 0.0385. The van der Waals surface area contributed by atoms with E-state index in [1.807, 2.05) is 6.92 Å². The van der Waals surface area contributed by atoms with Gasteiger partial charge in [0.2, 0.25) is 0 Å². The summed E-state index contributed by atoms with van der Waals surface area (Å²) in [6.45, 7) is 1.81. The molecule has 0 unspecified atom stereocenters. The highest BCUT2D eigenvalue weighted by Crippen LogP contribution is 2.26. The van der Waals surface area contributed by atoms with Gasteiger partial charge in [-0.05, 0) is 79.2 Å². The van der Waals surface area contributed by atoms with Crippen LogP contribution in [-0.2, 0) is 20.0 Å². The minimum absolute atomic E-state index is 0.0136. The third-order valence-corrected chi connectivity index (χ3v) is 8.88. The van der Waals surface area contributed by atoms with E-state index < -0.39 is 26.0 Å². The van der Waals surface area contributed by atoms with Crippen molar-refractivity contribution in [2.75, 3.05) is 14.8 Å². The van der Waals surface area contributed by atoms with E-state index in [-0.39, 0.29) is 26.1 Å². The molecule has 4 rings (SSSR count). The summed E-state index contributed by atoms with van der Waals surface area (Å²) in [6.07, 6.45) is 0. The average Bonchev–Trinajstić information content (AvgIpc) is 2.87. The maximum absolute atomic E-state index is 12.8. The van der Waals surface area contributed by atoms with E-state index in [0.717, 1.165) is 5.56 Å². The monoisotopic (exact) mass is 589 g/mol. The Morgan fingerprint density at radius 3 is 1.68 bits per heavy atom. The van der Waals surface area contributed by atoms with Crippen molar-refractivity contribution in [1.29, 1.82) is 0 Å². The van der Waals surface area contributed by atoms with Gasteiger partial charge >= 0.3 is 0 Å². The second-order valence-electron chi connectivity index (χ2n) is 8.16. The molecule has 3 N–H and O–H groups in total. The first-order chi connectivity index (χ1) is 17.9. The van der Waals surface area contributed by atoms with Crippen molar-refractivity contribution in [3.05, 3.63) is 112 Å². The Morgan fingerprint density at radius 2 is 1.13 bits per heavy atom. The van der Waals surface area contributed by atoms with Gasteiger partial charge in [-0.2, -0.15) is 0 Å². The van der Waals surface area contributed by atoms with Gasteiger partial charge < -0.3 is 5.32 Å². The number of anilines is 3. The Balaban J connectivity index is 1.44. The van der Waals surface area contributed by atoms with Crippen molar-refractivity contribution in [2.24, 2.45) is 0 Å². The van der Waals surface area contributed by atoms with E-state index in [2.05, 4.69) is 14.8 Å². The van der Waals surface area contributed by atoms with Crippen LogP contribution < -0.4 is 14.8 Å². The molecule has 0 saturated carbocycles. The van der Waals surface area contributed by atoms with E-state index in [1.165, 1.54) is 60.7 Å². The van der Waals surface area contributed by atoms with Crippen molar-refractivity contribution in [2.45, 2.75) is 16.7 Å². The summed E-state index contributed by atoms with van der Waals surface area (Å²) in [6, 6.07) is 22.3. The van der Waals surface area contributed by atoms with E-state index in [4.69, 9.17) is 23.2 Å². The van der Waals surface area contributed by atoms with Gasteiger partial charge in [0, 0.05) is 10.7 Å². The number of aryl methyl sites for hydroxylation is 1. The van der Waals surface area contributed by atoms with Gasteiger partial charge in [-0.25, -0.2) is 16.8 Å². The number of rotatable bonds is 8. The van der Waals surface area contributed by atoms with E-state index in [0.29, 0.717) is 16.4 Å². The highest BCUT2D eigenvalue weighted by molar-refractivity contribution is 7.93. The van der Waals surface area contributed by atoms with Gasteiger partial charge in [-0.3, -0.25) is 14.2 Å². The van der Waals surface area contributed by atoms with Crippen molar-refractivity contribution in [1.82, 2.24) is 0 Å². The molecule has 0 bridgehead atoms. The summed E-state index contributed by atoms with van der Waals surface area (Å²) < 4.78 is 55.3. The van der Waals surface area contributed by atoms with Crippen molar-refractivity contribution in [3.63, 3.8) is 0 Å². The third kappa shape index (κ3) is 6.46. The second kappa shape index (κ2) is 11.0. The predicted molar refractivity (Wildman–Crippen MR) is 150 cm³/mol. The zero-order chi connectivity index (χ0) is 27.5. The van der Waals surface area contributed by atoms with E-state index in [1.54, 1.807) is 30.3 Å². The number of carbonyl (C=O) groups excluding carboxylic acids is 1. The summed E-state index contributed by atoms with van der Waals surface area (Å²) in [5.41, 5.74) is 1.76. The fourth-order valence-corrected chi connectivity index (χ4v) is 5.93. The summed E-state index contributed by atoms with van der Waals surface area (Å²) in [7, 11) is -7.71. The number of hydrogen-bond acceptors (Lipinski definition) is 5. The number of amides is 1. The molecule has 0 aliphatic carbocycles. The first-order valence-electron chi connectivity index (χ1n) is 11.0. The molecule has 0 aliphatic heterocycles. The summed E-state index contributed by atoms with van der Waals surface area (Å²) in [4.78, 5) is 12.8. The van der Waals surface area contributed by atoms with E-state index >= 15 is 0 Å². The molecule has 38 heavy (non-hydrogen) atoms. The Kier molecular flexibility index (Phi) is 7.98. The maximum atomic E-state index is 12.8. The van der Waals surface area contributed by atoms with Crippen LogP contribution in [0.25, 0.3) is 0 Å². The quantitative estimate of drug-likeness (QED) is 0.227. The number of hydrogen-bond donors (Lipinski definition) is 3. The largest absolute Gasteiger partial charge is 0.322 e. The van der Waals surface area contributed by atoms with Crippen molar-refractivity contribution in [3.8, 4) is 0 Å². The zero-order valence-electron chi connectivity index (χ0n) is 19.8. The molecule has 1 amide bonds. The second-order valence-corrected chi connectivity index (χ2v) is 12.3. The van der Waals surface area contributed by atoms with Crippen LogP contribution in [0.5, 0.6) is 0 Å². The number of sulfonamides is 2. The molecule has 4 aromatic carbocycles. The normalized spacial score (nSPS) is 11.6. The van der Waals surface area contributed by atoms with Crippen LogP contribution in [0.2, 0.25) is 10.0 Å². The summed E-state index contributed by atoms with van der Waals surface area (Å²) >= 11 is 12.3. The van der Waals surface area contributed by atoms with Crippen molar-refractivity contribution >= 4 is 66.2 Å². The van der Waals surface area contributed by atoms with Crippen LogP contribution in [0, 0.1) is 6.92 Å². The van der Waals surface area contributed by atoms with E-state index in [9.17, 15) is 21.6 Å². The van der Waals surface area contributed by atoms with Crippen LogP contribution in [0.3, 0.4) is 0 Å². The number of nitrogens with one attached hydrogen (secondary N) is 3. The van der Waals surface area contributed by atoms with Gasteiger partial charge in [-0.1, -0.05) is 47.5 Å². The first kappa shape index (κ1) is 27.5. The predicted octanol–water partition coefficient (Wildman–Crippen LogP) is 6.16. The van der Waals surface area contributed by atoms with Crippen LogP contribution in [0.4, 0.5) is 17.1 Å². The molecule has 0 fully saturated rings. The zero-order valence-corrected chi connectivity index (χ0v) is 22.9. The lowest BCUT2D eigenvalue weighted by atomic mass is 10.2. The smallest absolute Gasteiger partial charge is 0.261 e. The Hall–Kier alpha value is -3.57. The maximum Gasteiger partial charge on any atom is 0.261 e. The number of carbonyl (C=O) groups is 1. The topological polar surface area (TPSA) is 121 Å². The molecule has 0 spiro atoms. The van der Waals surface area contributed by atoms with Gasteiger partial charge in [-0.15, -0.1) is 0 Å². The van der Waals surface area contributed by atoms with Crippen LogP contribution in [0.1, 0.15) is 15.9 Å². The lowest BCUT2D eigenvalue weighted by Gasteiger charge is -2.12. The highest BCUT2D eigenvalue weighted by atomic mass is 35.5. The van der Waals surface area contributed by atoms with Gasteiger partial charge in [0.1, 0.15) is 0 Å². The molecule has 0 heterocycles. The lowest BCUT2D eigenvalue weighted by molar-refractivity contribution is 0.102. The van der Waals surface area contributed by atoms with Gasteiger partial charge in [0.15, 0.2) is 0 Å². The standard InChI is InChI=1S/C26H21Cl2N3O5S2/c1-17-7-8-19(15-24(17)27)30-38(35,36)22-12-9-18(10-13-22)29-26(32)23-14-11-20(16-25(23)28)31-37(33,34)21-5-3-2-4-6-21/h2-16,30-31H,1H3,(H,29,32). The fourth-order valence-electron chi connectivity index (χ4n) is 3.36. The van der Waals surface area contributed by atoms with Gasteiger partial charge in [0.05, 0.1) is 31.8 Å². The van der Waals surface area contributed by atoms with Crippen molar-refractivity contribution < 1.29 is 21.6 Å². The molecule has 0 atom stereocenters. The molecule has 0 saturated heterocycles. The molecule has 12 heteroatoms. The van der Waals surface area contributed by atoms with Crippen LogP contribution in [-0.4, -0.2) is 22.7 Å². The summed E-state index contributed by atoms with van der Waals surface area (Å²) in [5.74, 6) is -0.560. The lowest BCUT2D eigenvalue weighted by Crippen LogP contribution is -2.15. The molecule has 196 valence electrons. The van der Waals surface area contributed by atoms with Crippen LogP contribution in [0.15, 0.2) is 101 Å². The Morgan fingerprint density at radius 1 is 0.632 bits per heavy atom. The molecule has 0 aliphatic rings. The molecule has 8 nitrogen and oxygen atoms in total. The summed E-state index contributed by atoms with van der Waals surface area (Å²) in [5, 5.41) is 3.10. The average molecular weight is 591 g/mol. The number of halogens is 2. The minimum Gasteiger partial charge on any atom is -0.322 e. The molecule has 0 radical (unpaired) electrons. The first-order valence-corrected chi connectivity index (χ1v) is 14.7. The number of benzene rings is 4. The highest BCUT2D eigenvalue weighted by Gasteiger charge is 2.18. The van der Waals surface area contributed by atoms with Gasteiger partial charge in [0.25, 0.3) is 26.0 Å². The Labute approximate surface area is 230 Å². The SMILES string of the molecule is Cc1ccc(NS(=O)(=O)c2ccc(NC(=O)c3ccc(NS(=O)(=O)c4ccccc4)cc3Cl)cc2)cc1Cl. The molecule has 4 aromatic rings. The molecular formula is C26H21Cl2N3O5S2. The minimum atomic E-state index is -3.89. The molecule has 0 aromatic heterocycles. The van der Waals surface area contributed by atoms with Crippen LogP contribution >= 0.6 is 23.2 Å². The molecular weight excluding hydrogens is 569 g/mol. The third-order valence-electron chi connectivity index (χ3n) is 5.37. The Bertz CT molecular complexity index is 1710.